The Morgan fingerprint density at radius 1 is 1.08 bits per heavy atom. The van der Waals surface area contributed by atoms with Gasteiger partial charge in [0.1, 0.15) is 17.5 Å². The Labute approximate surface area is 157 Å². The number of aryl methyl sites for hydroxylation is 1. The number of anilines is 1. The van der Waals surface area contributed by atoms with Gasteiger partial charge in [0.2, 0.25) is 0 Å². The summed E-state index contributed by atoms with van der Waals surface area (Å²) >= 11 is 3.18. The van der Waals surface area contributed by atoms with Gasteiger partial charge < -0.3 is 5.32 Å². The SMILES string of the molecule is Cc1nc(N[C@H](C)c2cccc(C(F)F)c2C)c2cc(Br)c(F)cc2n1. The quantitative estimate of drug-likeness (QED) is 0.537. The molecule has 3 rings (SSSR count). The molecule has 3 nitrogen and oxygen atoms in total. The van der Waals surface area contributed by atoms with Crippen LogP contribution in [-0.4, -0.2) is 9.97 Å². The summed E-state index contributed by atoms with van der Waals surface area (Å²) in [7, 11) is 0. The molecule has 0 amide bonds. The molecule has 0 unspecified atom stereocenters. The van der Waals surface area contributed by atoms with Gasteiger partial charge in [-0.25, -0.2) is 23.1 Å². The Balaban J connectivity index is 2.04. The fraction of sp³-hybridized carbons (Fsp3) is 0.263. The number of hydrogen-bond donors (Lipinski definition) is 1. The number of benzene rings is 2. The topological polar surface area (TPSA) is 37.8 Å². The lowest BCUT2D eigenvalue weighted by Crippen LogP contribution is -2.12. The minimum Gasteiger partial charge on any atom is -0.363 e. The van der Waals surface area contributed by atoms with Crippen molar-refractivity contribution in [2.24, 2.45) is 0 Å². The Morgan fingerprint density at radius 3 is 2.46 bits per heavy atom. The molecule has 2 aromatic carbocycles. The van der Waals surface area contributed by atoms with Gasteiger partial charge in [-0.2, -0.15) is 0 Å². The van der Waals surface area contributed by atoms with Gasteiger partial charge >= 0.3 is 0 Å². The first kappa shape index (κ1) is 18.6. The van der Waals surface area contributed by atoms with Gasteiger partial charge in [0.25, 0.3) is 6.43 Å². The summed E-state index contributed by atoms with van der Waals surface area (Å²) in [5.74, 6) is 0.615. The van der Waals surface area contributed by atoms with Crippen molar-refractivity contribution in [2.45, 2.75) is 33.2 Å². The average molecular weight is 424 g/mol. The fourth-order valence-corrected chi connectivity index (χ4v) is 3.35. The Kier molecular flexibility index (Phi) is 5.18. The molecular weight excluding hydrogens is 407 g/mol. The third-order valence-corrected chi connectivity index (χ3v) is 4.93. The van der Waals surface area contributed by atoms with Crippen molar-refractivity contribution in [3.8, 4) is 0 Å². The predicted octanol–water partition coefficient (Wildman–Crippen LogP) is 6.26. The highest BCUT2D eigenvalue weighted by Crippen LogP contribution is 2.32. The summed E-state index contributed by atoms with van der Waals surface area (Å²) in [6.07, 6.45) is -2.52. The second-order valence-corrected chi connectivity index (χ2v) is 6.99. The van der Waals surface area contributed by atoms with Crippen LogP contribution in [-0.2, 0) is 0 Å². The molecule has 136 valence electrons. The molecule has 7 heteroatoms. The molecule has 1 aromatic heterocycles. The number of fused-ring (bicyclic) bond motifs is 1. The van der Waals surface area contributed by atoms with E-state index in [1.807, 2.05) is 13.0 Å². The maximum atomic E-state index is 13.8. The molecule has 1 N–H and O–H groups in total. The van der Waals surface area contributed by atoms with E-state index >= 15 is 0 Å². The lowest BCUT2D eigenvalue weighted by atomic mass is 9.97. The van der Waals surface area contributed by atoms with E-state index in [0.717, 1.165) is 5.56 Å². The maximum absolute atomic E-state index is 13.8. The first-order valence-corrected chi connectivity index (χ1v) is 8.84. The van der Waals surface area contributed by atoms with E-state index < -0.39 is 12.2 Å². The molecule has 0 radical (unpaired) electrons. The van der Waals surface area contributed by atoms with Crippen molar-refractivity contribution in [3.05, 3.63) is 63.1 Å². The van der Waals surface area contributed by atoms with Crippen LogP contribution < -0.4 is 5.32 Å². The molecule has 0 aliphatic heterocycles. The molecule has 0 aliphatic rings. The third-order valence-electron chi connectivity index (χ3n) is 4.32. The number of hydrogen-bond acceptors (Lipinski definition) is 3. The molecule has 0 spiro atoms. The van der Waals surface area contributed by atoms with E-state index in [9.17, 15) is 13.2 Å². The number of rotatable bonds is 4. The van der Waals surface area contributed by atoms with Crippen LogP contribution in [0.5, 0.6) is 0 Å². The molecule has 26 heavy (non-hydrogen) atoms. The van der Waals surface area contributed by atoms with E-state index in [1.165, 1.54) is 12.1 Å². The van der Waals surface area contributed by atoms with Crippen LogP contribution in [0.2, 0.25) is 0 Å². The minimum absolute atomic E-state index is 0.0182. The summed E-state index contributed by atoms with van der Waals surface area (Å²) in [5, 5.41) is 3.91. The molecule has 0 bridgehead atoms. The van der Waals surface area contributed by atoms with Gasteiger partial charge in [-0.05, 0) is 53.9 Å². The summed E-state index contributed by atoms with van der Waals surface area (Å²) in [6.45, 7) is 5.28. The highest BCUT2D eigenvalue weighted by molar-refractivity contribution is 9.10. The zero-order valence-corrected chi connectivity index (χ0v) is 16.0. The molecule has 0 fully saturated rings. The summed E-state index contributed by atoms with van der Waals surface area (Å²) < 4.78 is 40.4. The smallest absolute Gasteiger partial charge is 0.264 e. The van der Waals surface area contributed by atoms with Crippen LogP contribution in [0.4, 0.5) is 19.0 Å². The highest BCUT2D eigenvalue weighted by Gasteiger charge is 2.18. The minimum atomic E-state index is -2.52. The molecule has 1 heterocycles. The molecule has 1 atom stereocenters. The van der Waals surface area contributed by atoms with Crippen molar-refractivity contribution >= 4 is 32.7 Å². The number of alkyl halides is 2. The second kappa shape index (κ2) is 7.23. The lowest BCUT2D eigenvalue weighted by Gasteiger charge is -2.20. The number of nitrogens with one attached hydrogen (secondary N) is 1. The van der Waals surface area contributed by atoms with Crippen LogP contribution in [0.1, 0.15) is 41.9 Å². The van der Waals surface area contributed by atoms with Gasteiger partial charge in [-0.1, -0.05) is 18.2 Å². The normalized spacial score (nSPS) is 12.6. The van der Waals surface area contributed by atoms with Gasteiger partial charge in [-0.3, -0.25) is 0 Å². The second-order valence-electron chi connectivity index (χ2n) is 6.13. The molecular formula is C19H17BrF3N3. The molecule has 0 saturated heterocycles. The van der Waals surface area contributed by atoms with E-state index in [-0.39, 0.29) is 11.6 Å². The Bertz CT molecular complexity index is 976. The van der Waals surface area contributed by atoms with Crippen molar-refractivity contribution in [1.29, 1.82) is 0 Å². The zero-order chi connectivity index (χ0) is 19.0. The first-order valence-electron chi connectivity index (χ1n) is 8.05. The number of aromatic nitrogens is 2. The monoisotopic (exact) mass is 423 g/mol. The zero-order valence-electron chi connectivity index (χ0n) is 14.4. The van der Waals surface area contributed by atoms with Crippen LogP contribution in [0.3, 0.4) is 0 Å². The number of nitrogens with zero attached hydrogens (tertiary/aromatic N) is 2. The fourth-order valence-electron chi connectivity index (χ4n) is 3.01. The largest absolute Gasteiger partial charge is 0.363 e. The van der Waals surface area contributed by atoms with Crippen LogP contribution >= 0.6 is 15.9 Å². The van der Waals surface area contributed by atoms with E-state index in [0.29, 0.717) is 32.6 Å². The molecule has 0 aliphatic carbocycles. The van der Waals surface area contributed by atoms with E-state index in [2.05, 4.69) is 31.2 Å². The summed E-state index contributed by atoms with van der Waals surface area (Å²) in [5.41, 5.74) is 1.80. The van der Waals surface area contributed by atoms with Gasteiger partial charge in [0.15, 0.2) is 0 Å². The maximum Gasteiger partial charge on any atom is 0.264 e. The number of halogens is 4. The average Bonchev–Trinajstić information content (AvgIpc) is 2.56. The van der Waals surface area contributed by atoms with Crippen molar-refractivity contribution in [3.63, 3.8) is 0 Å². The summed E-state index contributed by atoms with van der Waals surface area (Å²) in [6, 6.07) is 7.55. The van der Waals surface area contributed by atoms with E-state index in [1.54, 1.807) is 26.0 Å². The molecule has 0 saturated carbocycles. The van der Waals surface area contributed by atoms with Gasteiger partial charge in [0.05, 0.1) is 16.0 Å². The van der Waals surface area contributed by atoms with Gasteiger partial charge in [-0.15, -0.1) is 0 Å². The predicted molar refractivity (Wildman–Crippen MR) is 100 cm³/mol. The summed E-state index contributed by atoms with van der Waals surface area (Å²) in [4.78, 5) is 8.67. The Hall–Kier alpha value is -2.15. The van der Waals surface area contributed by atoms with Crippen molar-refractivity contribution in [2.75, 3.05) is 5.32 Å². The standard InChI is InChI=1S/C19H17BrF3N3/c1-9-12(5-4-6-13(9)18(22)23)10(2)24-19-14-7-15(20)16(21)8-17(14)25-11(3)26-19/h4-8,10,18H,1-3H3,(H,24,25,26)/t10-/m1/s1. The lowest BCUT2D eigenvalue weighted by molar-refractivity contribution is 0.150. The van der Waals surface area contributed by atoms with Crippen LogP contribution in [0.25, 0.3) is 10.9 Å². The van der Waals surface area contributed by atoms with Crippen molar-refractivity contribution < 1.29 is 13.2 Å². The van der Waals surface area contributed by atoms with Crippen LogP contribution in [0, 0.1) is 19.7 Å². The first-order chi connectivity index (χ1) is 12.3. The highest BCUT2D eigenvalue weighted by atomic mass is 79.9. The third kappa shape index (κ3) is 3.53. The molecule has 3 aromatic rings. The Morgan fingerprint density at radius 2 is 1.77 bits per heavy atom. The van der Waals surface area contributed by atoms with E-state index in [4.69, 9.17) is 0 Å². The van der Waals surface area contributed by atoms with Crippen molar-refractivity contribution in [1.82, 2.24) is 9.97 Å². The van der Waals surface area contributed by atoms with Crippen LogP contribution in [0.15, 0.2) is 34.8 Å². The van der Waals surface area contributed by atoms with Gasteiger partial charge in [0, 0.05) is 17.0 Å².